The zero-order valence-corrected chi connectivity index (χ0v) is 8.10. The van der Waals surface area contributed by atoms with Crippen LogP contribution in [0.5, 0.6) is 0 Å². The molecule has 0 aromatic carbocycles. The molecule has 0 amide bonds. The molecule has 1 nitrogen and oxygen atoms in total. The lowest BCUT2D eigenvalue weighted by molar-refractivity contribution is 0.116. The summed E-state index contributed by atoms with van der Waals surface area (Å²) >= 11 is 0. The van der Waals surface area contributed by atoms with Crippen LogP contribution in [0.15, 0.2) is 0 Å². The van der Waals surface area contributed by atoms with Gasteiger partial charge in [-0.15, -0.1) is 0 Å². The van der Waals surface area contributed by atoms with E-state index >= 15 is 0 Å². The fraction of sp³-hybridized carbons (Fsp3) is 1.00. The second-order valence-corrected chi connectivity index (χ2v) is 3.04. The zero-order valence-electron chi connectivity index (χ0n) is 8.10. The van der Waals surface area contributed by atoms with Crippen molar-refractivity contribution in [1.82, 2.24) is 4.90 Å². The maximum Gasteiger partial charge on any atom is 0.105 e. The van der Waals surface area contributed by atoms with Crippen molar-refractivity contribution >= 4 is 0 Å². The number of nitrogens with zero attached hydrogens (tertiary/aromatic N) is 1. The number of hydrogen-bond acceptors (Lipinski definition) is 1. The van der Waals surface area contributed by atoms with Gasteiger partial charge in [0.15, 0.2) is 0 Å². The van der Waals surface area contributed by atoms with E-state index in [9.17, 15) is 4.39 Å². The standard InChI is InChI=1S/C7H14FN.C2H6/c1-6-5-9(2)4-3-7(6)8;1-2/h6-7H,3-5H2,1-2H3;1-2H3/t6-,7-;/m1./s1. The van der Waals surface area contributed by atoms with Gasteiger partial charge in [0.1, 0.15) is 6.17 Å². The summed E-state index contributed by atoms with van der Waals surface area (Å²) in [5, 5.41) is 0. The molecule has 0 N–H and O–H groups in total. The minimum Gasteiger partial charge on any atom is -0.306 e. The molecular weight excluding hydrogens is 141 g/mol. The van der Waals surface area contributed by atoms with Crippen LogP contribution in [0.3, 0.4) is 0 Å². The van der Waals surface area contributed by atoms with E-state index in [1.165, 1.54) is 0 Å². The van der Waals surface area contributed by atoms with E-state index in [1.54, 1.807) is 0 Å². The van der Waals surface area contributed by atoms with Crippen molar-refractivity contribution < 1.29 is 4.39 Å². The van der Waals surface area contributed by atoms with Crippen molar-refractivity contribution in [2.24, 2.45) is 5.92 Å². The van der Waals surface area contributed by atoms with E-state index in [0.29, 0.717) is 0 Å². The van der Waals surface area contributed by atoms with Gasteiger partial charge >= 0.3 is 0 Å². The largest absolute Gasteiger partial charge is 0.306 e. The van der Waals surface area contributed by atoms with Crippen LogP contribution in [-0.4, -0.2) is 31.2 Å². The second-order valence-electron chi connectivity index (χ2n) is 3.04. The van der Waals surface area contributed by atoms with E-state index in [4.69, 9.17) is 0 Å². The highest BCUT2D eigenvalue weighted by Crippen LogP contribution is 2.17. The summed E-state index contributed by atoms with van der Waals surface area (Å²) in [4.78, 5) is 2.18. The van der Waals surface area contributed by atoms with E-state index < -0.39 is 6.17 Å². The van der Waals surface area contributed by atoms with Crippen molar-refractivity contribution in [2.75, 3.05) is 20.1 Å². The van der Waals surface area contributed by atoms with Gasteiger partial charge in [-0.05, 0) is 13.5 Å². The van der Waals surface area contributed by atoms with Gasteiger partial charge < -0.3 is 4.90 Å². The number of likely N-dealkylation sites (tertiary alicyclic amines) is 1. The molecule has 1 fully saturated rings. The van der Waals surface area contributed by atoms with Crippen LogP contribution in [0.1, 0.15) is 27.2 Å². The number of piperidine rings is 1. The molecule has 1 heterocycles. The molecule has 0 unspecified atom stereocenters. The lowest BCUT2D eigenvalue weighted by atomic mass is 9.99. The Hall–Kier alpha value is -0.110. The van der Waals surface area contributed by atoms with Crippen LogP contribution in [-0.2, 0) is 0 Å². The van der Waals surface area contributed by atoms with Gasteiger partial charge in [0, 0.05) is 19.0 Å². The maximum atomic E-state index is 12.7. The topological polar surface area (TPSA) is 3.24 Å². The van der Waals surface area contributed by atoms with Crippen LogP contribution in [0, 0.1) is 5.92 Å². The van der Waals surface area contributed by atoms with E-state index in [0.717, 1.165) is 19.5 Å². The summed E-state index contributed by atoms with van der Waals surface area (Å²) < 4.78 is 12.7. The third kappa shape index (κ3) is 3.71. The molecule has 11 heavy (non-hydrogen) atoms. The summed E-state index contributed by atoms with van der Waals surface area (Å²) in [5.74, 6) is 0.240. The van der Waals surface area contributed by atoms with Gasteiger partial charge in [-0.25, -0.2) is 4.39 Å². The fourth-order valence-corrected chi connectivity index (χ4v) is 1.33. The molecule has 0 aliphatic carbocycles. The predicted octanol–water partition coefficient (Wildman–Crippen LogP) is 2.32. The molecule has 1 rings (SSSR count). The SMILES string of the molecule is CC.C[C@@H]1CN(C)CC[C@H]1F. The van der Waals surface area contributed by atoms with Gasteiger partial charge in [-0.2, -0.15) is 0 Å². The van der Waals surface area contributed by atoms with Crippen molar-refractivity contribution in [1.29, 1.82) is 0 Å². The zero-order chi connectivity index (χ0) is 8.85. The van der Waals surface area contributed by atoms with Crippen LogP contribution in [0.4, 0.5) is 4.39 Å². The summed E-state index contributed by atoms with van der Waals surface area (Å²) in [6, 6.07) is 0. The Labute approximate surface area is 69.6 Å². The molecule has 0 aromatic heterocycles. The first-order valence-electron chi connectivity index (χ1n) is 4.53. The monoisotopic (exact) mass is 161 g/mol. The first-order valence-corrected chi connectivity index (χ1v) is 4.53. The van der Waals surface area contributed by atoms with Gasteiger partial charge in [-0.1, -0.05) is 20.8 Å². The molecule has 2 heteroatoms. The summed E-state index contributed by atoms with van der Waals surface area (Å²) in [7, 11) is 2.04. The van der Waals surface area contributed by atoms with Gasteiger partial charge in [-0.3, -0.25) is 0 Å². The highest BCUT2D eigenvalue weighted by atomic mass is 19.1. The summed E-state index contributed by atoms with van der Waals surface area (Å²) in [5.41, 5.74) is 0. The van der Waals surface area contributed by atoms with E-state index in [-0.39, 0.29) is 5.92 Å². The van der Waals surface area contributed by atoms with Crippen LogP contribution in [0.2, 0.25) is 0 Å². The van der Waals surface area contributed by atoms with Gasteiger partial charge in [0.05, 0.1) is 0 Å². The average Bonchev–Trinajstić information content (AvgIpc) is 2.02. The molecule has 0 saturated carbocycles. The number of hydrogen-bond donors (Lipinski definition) is 0. The summed E-state index contributed by atoms with van der Waals surface area (Å²) in [6.07, 6.45) is 0.165. The highest BCUT2D eigenvalue weighted by Gasteiger charge is 2.22. The van der Waals surface area contributed by atoms with E-state index in [2.05, 4.69) is 4.90 Å². The van der Waals surface area contributed by atoms with E-state index in [1.807, 2.05) is 27.8 Å². The van der Waals surface area contributed by atoms with Crippen LogP contribution < -0.4 is 0 Å². The minimum absolute atomic E-state index is 0.240. The third-order valence-corrected chi connectivity index (χ3v) is 2.00. The van der Waals surface area contributed by atoms with Crippen LogP contribution in [0.25, 0.3) is 0 Å². The van der Waals surface area contributed by atoms with Gasteiger partial charge in [0.25, 0.3) is 0 Å². The fourth-order valence-electron chi connectivity index (χ4n) is 1.33. The molecule has 68 valence electrons. The highest BCUT2D eigenvalue weighted by molar-refractivity contribution is 4.74. The number of halogens is 1. The van der Waals surface area contributed by atoms with Crippen molar-refractivity contribution in [3.63, 3.8) is 0 Å². The Morgan fingerprint density at radius 3 is 2.27 bits per heavy atom. The average molecular weight is 161 g/mol. The van der Waals surface area contributed by atoms with Crippen LogP contribution >= 0.6 is 0 Å². The molecule has 1 aliphatic rings. The second kappa shape index (κ2) is 5.53. The lowest BCUT2D eigenvalue weighted by Crippen LogP contribution is -2.37. The number of rotatable bonds is 0. The maximum absolute atomic E-state index is 12.7. The van der Waals surface area contributed by atoms with Crippen molar-refractivity contribution in [3.05, 3.63) is 0 Å². The molecule has 0 bridgehead atoms. The first kappa shape index (κ1) is 10.9. The smallest absolute Gasteiger partial charge is 0.105 e. The molecule has 0 spiro atoms. The molecule has 1 saturated heterocycles. The first-order chi connectivity index (χ1) is 5.20. The summed E-state index contributed by atoms with van der Waals surface area (Å²) in [6.45, 7) is 7.81. The lowest BCUT2D eigenvalue weighted by Gasteiger charge is -2.29. The van der Waals surface area contributed by atoms with Gasteiger partial charge in [0.2, 0.25) is 0 Å². The Morgan fingerprint density at radius 2 is 1.91 bits per heavy atom. The van der Waals surface area contributed by atoms with Crippen molar-refractivity contribution in [3.8, 4) is 0 Å². The molecule has 2 atom stereocenters. The molecular formula is C9H20FN. The quantitative estimate of drug-likeness (QED) is 0.527. The van der Waals surface area contributed by atoms with Crippen molar-refractivity contribution in [2.45, 2.75) is 33.4 Å². The third-order valence-electron chi connectivity index (χ3n) is 2.00. The molecule has 1 aliphatic heterocycles. The molecule has 0 aromatic rings. The minimum atomic E-state index is -0.554. The predicted molar refractivity (Wildman–Crippen MR) is 47.5 cm³/mol. The molecule has 0 radical (unpaired) electrons. The Bertz CT molecular complexity index is 95.6. The Kier molecular flexibility index (Phi) is 5.47. The number of alkyl halides is 1. The normalized spacial score (nSPS) is 32.5. The Morgan fingerprint density at radius 1 is 1.36 bits per heavy atom. The Balaban J connectivity index is 0.000000461.